The van der Waals surface area contributed by atoms with Gasteiger partial charge in [0, 0.05) is 4.88 Å². The zero-order valence-corrected chi connectivity index (χ0v) is 13.4. The van der Waals surface area contributed by atoms with Gasteiger partial charge in [-0.1, -0.05) is 37.9 Å². The molecule has 1 unspecified atom stereocenters. The summed E-state index contributed by atoms with van der Waals surface area (Å²) in [6.45, 7) is 3.79. The van der Waals surface area contributed by atoms with E-state index < -0.39 is 5.41 Å². The topological polar surface area (TPSA) is 41.5 Å². The average Bonchev–Trinajstić information content (AvgIpc) is 2.73. The third-order valence-corrected chi connectivity index (χ3v) is 6.25. The van der Waals surface area contributed by atoms with Crippen molar-refractivity contribution in [3.8, 4) is 0 Å². The molecule has 1 aromatic rings. The van der Waals surface area contributed by atoms with E-state index in [-0.39, 0.29) is 9.14 Å². The predicted octanol–water partition coefficient (Wildman–Crippen LogP) is 3.48. The number of nitrogens with zero attached hydrogens (tertiary/aromatic N) is 1. The van der Waals surface area contributed by atoms with Crippen molar-refractivity contribution in [3.05, 3.63) is 22.4 Å². The fourth-order valence-corrected chi connectivity index (χ4v) is 3.60. The van der Waals surface area contributed by atoms with Crippen LogP contribution in [0.2, 0.25) is 0 Å². The van der Waals surface area contributed by atoms with E-state index in [4.69, 9.17) is 0 Å². The van der Waals surface area contributed by atoms with Crippen LogP contribution in [-0.2, 0) is 4.79 Å². The van der Waals surface area contributed by atoms with E-state index in [9.17, 15) is 4.79 Å². The van der Waals surface area contributed by atoms with Crippen LogP contribution in [0.3, 0.4) is 0 Å². The normalized spacial score (nSPS) is 26.7. The quantitative estimate of drug-likeness (QED) is 0.487. The van der Waals surface area contributed by atoms with Gasteiger partial charge in [-0.15, -0.1) is 11.3 Å². The molecule has 0 bridgehead atoms. The maximum atomic E-state index is 11.9. The highest BCUT2D eigenvalue weighted by atomic mass is 79.9. The van der Waals surface area contributed by atoms with Crippen molar-refractivity contribution in [2.75, 3.05) is 0 Å². The second-order valence-electron chi connectivity index (χ2n) is 4.33. The average molecular weight is 380 g/mol. The Morgan fingerprint density at radius 3 is 2.71 bits per heavy atom. The van der Waals surface area contributed by atoms with Crippen LogP contribution in [0.25, 0.3) is 0 Å². The van der Waals surface area contributed by atoms with Gasteiger partial charge >= 0.3 is 0 Å². The summed E-state index contributed by atoms with van der Waals surface area (Å²) >= 11 is 8.53. The van der Waals surface area contributed by atoms with Gasteiger partial charge in [0.25, 0.3) is 0 Å². The number of hydrazone groups is 1. The van der Waals surface area contributed by atoms with E-state index >= 15 is 0 Å². The second-order valence-corrected chi connectivity index (χ2v) is 9.05. The van der Waals surface area contributed by atoms with Gasteiger partial charge in [-0.3, -0.25) is 4.79 Å². The number of rotatable bonds is 3. The molecule has 1 aromatic heterocycles. The van der Waals surface area contributed by atoms with Crippen LogP contribution >= 0.6 is 43.2 Å². The molecule has 17 heavy (non-hydrogen) atoms. The van der Waals surface area contributed by atoms with Crippen molar-refractivity contribution >= 4 is 54.8 Å². The molecule has 1 aliphatic carbocycles. The minimum atomic E-state index is -0.424. The van der Waals surface area contributed by atoms with E-state index in [1.165, 1.54) is 0 Å². The van der Waals surface area contributed by atoms with Crippen LogP contribution in [0.1, 0.15) is 25.1 Å². The van der Waals surface area contributed by atoms with Gasteiger partial charge < -0.3 is 0 Å². The molecule has 1 aliphatic rings. The molecular formula is C11H12Br2N2OS. The van der Waals surface area contributed by atoms with Crippen molar-refractivity contribution in [1.82, 2.24) is 5.43 Å². The number of halogens is 2. The van der Waals surface area contributed by atoms with Gasteiger partial charge in [-0.25, -0.2) is 5.43 Å². The maximum Gasteiger partial charge on any atom is 0.248 e. The monoisotopic (exact) mass is 378 g/mol. The Morgan fingerprint density at radius 2 is 2.24 bits per heavy atom. The van der Waals surface area contributed by atoms with Gasteiger partial charge in [0.05, 0.1) is 14.4 Å². The molecule has 6 heteroatoms. The highest BCUT2D eigenvalue weighted by molar-refractivity contribution is 9.25. The molecule has 1 amide bonds. The smallest absolute Gasteiger partial charge is 0.248 e. The molecular weight excluding hydrogens is 368 g/mol. The molecule has 92 valence electrons. The van der Waals surface area contributed by atoms with Crippen molar-refractivity contribution in [1.29, 1.82) is 0 Å². The largest absolute Gasteiger partial charge is 0.272 e. The first-order valence-corrected chi connectivity index (χ1v) is 7.60. The summed E-state index contributed by atoms with van der Waals surface area (Å²) in [7, 11) is 0. The lowest BCUT2D eigenvalue weighted by molar-refractivity contribution is -0.125. The lowest BCUT2D eigenvalue weighted by Crippen LogP contribution is -2.30. The standard InChI is InChI=1S/C11H12Br2N2OS/c1-7(8-4-3-5-17-8)14-15-9(16)10(2)6-11(10,12)13/h3-5H,6H2,1-2H3,(H,15,16)/b14-7-. The summed E-state index contributed by atoms with van der Waals surface area (Å²) < 4.78 is -0.274. The minimum absolute atomic E-state index is 0.0674. The van der Waals surface area contributed by atoms with E-state index in [1.807, 2.05) is 31.4 Å². The van der Waals surface area contributed by atoms with Gasteiger partial charge in [0.15, 0.2) is 0 Å². The summed E-state index contributed by atoms with van der Waals surface area (Å²) in [5.74, 6) is -0.0674. The van der Waals surface area contributed by atoms with Gasteiger partial charge in [-0.2, -0.15) is 5.10 Å². The molecule has 0 spiro atoms. The molecule has 1 fully saturated rings. The minimum Gasteiger partial charge on any atom is -0.272 e. The number of hydrogen-bond donors (Lipinski definition) is 1. The molecule has 1 heterocycles. The summed E-state index contributed by atoms with van der Waals surface area (Å²) in [5, 5.41) is 6.11. The second kappa shape index (κ2) is 4.48. The lowest BCUT2D eigenvalue weighted by atomic mass is 10.1. The van der Waals surface area contributed by atoms with Gasteiger partial charge in [-0.05, 0) is 31.7 Å². The maximum absolute atomic E-state index is 11.9. The fraction of sp³-hybridized carbons (Fsp3) is 0.455. The van der Waals surface area contributed by atoms with Crippen LogP contribution < -0.4 is 5.43 Å². The number of nitrogens with one attached hydrogen (secondary N) is 1. The molecule has 0 radical (unpaired) electrons. The zero-order chi connectivity index (χ0) is 12.7. The number of hydrogen-bond acceptors (Lipinski definition) is 3. The first kappa shape index (κ1) is 13.2. The molecule has 0 aromatic carbocycles. The first-order chi connectivity index (χ1) is 7.87. The van der Waals surface area contributed by atoms with E-state index in [0.29, 0.717) is 0 Å². The Labute approximate surface area is 121 Å². The highest BCUT2D eigenvalue weighted by Gasteiger charge is 2.66. The van der Waals surface area contributed by atoms with Crippen molar-refractivity contribution < 1.29 is 4.79 Å². The van der Waals surface area contributed by atoms with Gasteiger partial charge in [0.1, 0.15) is 0 Å². The molecule has 0 aliphatic heterocycles. The number of alkyl halides is 2. The molecule has 1 N–H and O–H groups in total. The Morgan fingerprint density at radius 1 is 1.59 bits per heavy atom. The Balaban J connectivity index is 2.00. The third-order valence-electron chi connectivity index (χ3n) is 2.96. The van der Waals surface area contributed by atoms with Crippen LogP contribution in [0.5, 0.6) is 0 Å². The molecule has 0 saturated heterocycles. The van der Waals surface area contributed by atoms with Crippen LogP contribution in [0.4, 0.5) is 0 Å². The molecule has 1 atom stereocenters. The summed E-state index contributed by atoms with van der Waals surface area (Å²) in [6.07, 6.45) is 0.763. The summed E-state index contributed by atoms with van der Waals surface area (Å²) in [4.78, 5) is 13.0. The SMILES string of the molecule is C/C(=N/NC(=O)C1(C)CC1(Br)Br)c1cccs1. The van der Waals surface area contributed by atoms with Gasteiger partial charge in [0.2, 0.25) is 5.91 Å². The molecule has 3 nitrogen and oxygen atoms in total. The molecule has 1 saturated carbocycles. The van der Waals surface area contributed by atoms with Crippen LogP contribution in [0, 0.1) is 5.41 Å². The predicted molar refractivity (Wildman–Crippen MR) is 78.0 cm³/mol. The van der Waals surface area contributed by atoms with Crippen molar-refractivity contribution in [2.24, 2.45) is 10.5 Å². The van der Waals surface area contributed by atoms with E-state index in [0.717, 1.165) is 17.0 Å². The Bertz CT molecular complexity index is 470. The zero-order valence-electron chi connectivity index (χ0n) is 9.46. The van der Waals surface area contributed by atoms with E-state index in [1.54, 1.807) is 11.3 Å². The van der Waals surface area contributed by atoms with Crippen molar-refractivity contribution in [2.45, 2.75) is 23.5 Å². The highest BCUT2D eigenvalue weighted by Crippen LogP contribution is 2.66. The number of carbonyl (C=O) groups is 1. The van der Waals surface area contributed by atoms with Crippen LogP contribution in [-0.4, -0.2) is 14.9 Å². The number of carbonyl (C=O) groups excluding carboxylic acids is 1. The van der Waals surface area contributed by atoms with Crippen molar-refractivity contribution in [3.63, 3.8) is 0 Å². The van der Waals surface area contributed by atoms with Crippen LogP contribution in [0.15, 0.2) is 22.6 Å². The number of thiophene rings is 1. The third kappa shape index (κ3) is 2.48. The first-order valence-electron chi connectivity index (χ1n) is 5.13. The lowest BCUT2D eigenvalue weighted by Gasteiger charge is -2.10. The Hall–Kier alpha value is -0.200. The summed E-state index contributed by atoms with van der Waals surface area (Å²) in [5.41, 5.74) is 3.03. The Kier molecular flexibility index (Phi) is 3.49. The molecule has 2 rings (SSSR count). The fourth-order valence-electron chi connectivity index (χ4n) is 1.44. The number of amides is 1. The summed E-state index contributed by atoms with van der Waals surface area (Å²) in [6, 6.07) is 3.94. The van der Waals surface area contributed by atoms with E-state index in [2.05, 4.69) is 42.4 Å².